The van der Waals surface area contributed by atoms with Crippen LogP contribution < -0.4 is 0 Å². The Hall–Kier alpha value is -1.06. The molecule has 0 aromatic carbocycles. The predicted octanol–water partition coefficient (Wildman–Crippen LogP) is 3.64. The van der Waals surface area contributed by atoms with Crippen molar-refractivity contribution >= 4 is 11.9 Å². The van der Waals surface area contributed by atoms with Crippen LogP contribution >= 0.6 is 0 Å². The highest BCUT2D eigenvalue weighted by Gasteiger charge is 2.62. The minimum absolute atomic E-state index is 0.0284. The summed E-state index contributed by atoms with van der Waals surface area (Å²) in [5.74, 6) is -0.523. The highest BCUT2D eigenvalue weighted by molar-refractivity contribution is 5.72. The zero-order valence-corrected chi connectivity index (χ0v) is 13.6. The molecule has 0 aliphatic heterocycles. The summed E-state index contributed by atoms with van der Waals surface area (Å²) >= 11 is 0. The second-order valence-corrected chi connectivity index (χ2v) is 7.72. The maximum atomic E-state index is 12.2. The van der Waals surface area contributed by atoms with Gasteiger partial charge in [0.1, 0.15) is 6.10 Å². The summed E-state index contributed by atoms with van der Waals surface area (Å²) < 4.78 is 5.82. The number of carbonyl (C=O) groups excluding carboxylic acids is 1. The van der Waals surface area contributed by atoms with Gasteiger partial charge in [-0.2, -0.15) is 0 Å². The van der Waals surface area contributed by atoms with Crippen LogP contribution in [0.4, 0.5) is 0 Å². The van der Waals surface area contributed by atoms with Gasteiger partial charge in [-0.15, -0.1) is 0 Å². The van der Waals surface area contributed by atoms with Gasteiger partial charge in [0.25, 0.3) is 0 Å². The summed E-state index contributed by atoms with van der Waals surface area (Å²) in [6.45, 7) is 8.70. The van der Waals surface area contributed by atoms with Crippen molar-refractivity contribution in [1.29, 1.82) is 0 Å². The van der Waals surface area contributed by atoms with Crippen molar-refractivity contribution in [2.75, 3.05) is 0 Å². The standard InChI is InChI=1S/C17H28O4/c1-11(6-5-7-14(18)19)15(20)21-13-10-12-8-9-17(13,4)16(12,2)3/h11-13H,5-10H2,1-4H3,(H,18,19). The average Bonchev–Trinajstić information content (AvgIpc) is 2.71. The highest BCUT2D eigenvalue weighted by Crippen LogP contribution is 2.66. The second-order valence-electron chi connectivity index (χ2n) is 7.72. The van der Waals surface area contributed by atoms with Gasteiger partial charge in [0.15, 0.2) is 0 Å². The Bertz CT molecular complexity index is 429. The maximum absolute atomic E-state index is 12.2. The van der Waals surface area contributed by atoms with E-state index in [0.717, 1.165) is 12.8 Å². The fourth-order valence-corrected chi connectivity index (χ4v) is 4.24. The summed E-state index contributed by atoms with van der Waals surface area (Å²) in [5.41, 5.74) is 0.332. The molecule has 2 fully saturated rings. The van der Waals surface area contributed by atoms with Gasteiger partial charge in [0, 0.05) is 11.8 Å². The number of hydrogen-bond acceptors (Lipinski definition) is 3. The third kappa shape index (κ3) is 2.82. The van der Waals surface area contributed by atoms with Crippen molar-refractivity contribution in [1.82, 2.24) is 0 Å². The lowest BCUT2D eigenvalue weighted by atomic mass is 9.70. The Morgan fingerprint density at radius 1 is 1.33 bits per heavy atom. The molecule has 21 heavy (non-hydrogen) atoms. The first kappa shape index (κ1) is 16.3. The van der Waals surface area contributed by atoms with Crippen molar-refractivity contribution in [3.63, 3.8) is 0 Å². The van der Waals surface area contributed by atoms with Gasteiger partial charge in [-0.25, -0.2) is 0 Å². The Labute approximate surface area is 127 Å². The van der Waals surface area contributed by atoms with Crippen LogP contribution in [0.15, 0.2) is 0 Å². The number of aliphatic carboxylic acids is 1. The lowest BCUT2D eigenvalue weighted by molar-refractivity contribution is -0.161. The van der Waals surface area contributed by atoms with E-state index >= 15 is 0 Å². The van der Waals surface area contributed by atoms with Gasteiger partial charge in [-0.3, -0.25) is 9.59 Å². The van der Waals surface area contributed by atoms with E-state index in [-0.39, 0.29) is 35.2 Å². The summed E-state index contributed by atoms with van der Waals surface area (Å²) in [5, 5.41) is 8.64. The molecule has 120 valence electrons. The van der Waals surface area contributed by atoms with Crippen molar-refractivity contribution in [3.8, 4) is 0 Å². The molecule has 4 heteroatoms. The van der Waals surface area contributed by atoms with Crippen LogP contribution in [0.25, 0.3) is 0 Å². The highest BCUT2D eigenvalue weighted by atomic mass is 16.5. The van der Waals surface area contributed by atoms with Gasteiger partial charge < -0.3 is 9.84 Å². The smallest absolute Gasteiger partial charge is 0.308 e. The van der Waals surface area contributed by atoms with E-state index in [1.54, 1.807) is 0 Å². The molecule has 0 radical (unpaired) electrons. The monoisotopic (exact) mass is 296 g/mol. The minimum Gasteiger partial charge on any atom is -0.481 e. The van der Waals surface area contributed by atoms with Crippen LogP contribution in [0.5, 0.6) is 0 Å². The van der Waals surface area contributed by atoms with Crippen LogP contribution in [-0.2, 0) is 14.3 Å². The van der Waals surface area contributed by atoms with Crippen molar-refractivity contribution in [2.24, 2.45) is 22.7 Å². The molecule has 2 bridgehead atoms. The minimum atomic E-state index is -0.807. The predicted molar refractivity (Wildman–Crippen MR) is 79.8 cm³/mol. The van der Waals surface area contributed by atoms with E-state index in [1.165, 1.54) is 6.42 Å². The molecule has 0 amide bonds. The Balaban J connectivity index is 1.88. The zero-order valence-electron chi connectivity index (χ0n) is 13.6. The quantitative estimate of drug-likeness (QED) is 0.760. The average molecular weight is 296 g/mol. The molecule has 2 saturated carbocycles. The van der Waals surface area contributed by atoms with Crippen LogP contribution in [0.1, 0.15) is 66.2 Å². The molecule has 2 aliphatic rings. The molecule has 0 saturated heterocycles. The molecular formula is C17H28O4. The molecule has 2 rings (SSSR count). The van der Waals surface area contributed by atoms with Crippen molar-refractivity contribution in [2.45, 2.75) is 72.3 Å². The van der Waals surface area contributed by atoms with Gasteiger partial charge in [0.2, 0.25) is 0 Å². The molecule has 0 aromatic heterocycles. The number of fused-ring (bicyclic) bond motifs is 2. The van der Waals surface area contributed by atoms with E-state index in [0.29, 0.717) is 18.8 Å². The first-order chi connectivity index (χ1) is 9.68. The number of carboxylic acids is 1. The number of carboxylic acid groups (broad SMARTS) is 1. The Kier molecular flexibility index (Phi) is 4.36. The molecule has 0 aromatic rings. The molecular weight excluding hydrogens is 268 g/mol. The van der Waals surface area contributed by atoms with E-state index in [9.17, 15) is 9.59 Å². The van der Waals surface area contributed by atoms with E-state index < -0.39 is 5.97 Å². The molecule has 4 nitrogen and oxygen atoms in total. The largest absolute Gasteiger partial charge is 0.481 e. The third-order valence-corrected chi connectivity index (χ3v) is 6.40. The second kappa shape index (κ2) is 5.62. The number of esters is 1. The van der Waals surface area contributed by atoms with Crippen molar-refractivity contribution < 1.29 is 19.4 Å². The van der Waals surface area contributed by atoms with Crippen LogP contribution in [0.3, 0.4) is 0 Å². The first-order valence-corrected chi connectivity index (χ1v) is 8.11. The lowest BCUT2D eigenvalue weighted by Crippen LogP contribution is -2.39. The van der Waals surface area contributed by atoms with E-state index in [1.807, 2.05) is 6.92 Å². The first-order valence-electron chi connectivity index (χ1n) is 8.11. The lowest BCUT2D eigenvalue weighted by Gasteiger charge is -2.38. The number of ether oxygens (including phenoxy) is 1. The summed E-state index contributed by atoms with van der Waals surface area (Å²) in [6.07, 6.45) is 4.62. The molecule has 2 aliphatic carbocycles. The summed E-state index contributed by atoms with van der Waals surface area (Å²) in [6, 6.07) is 0. The van der Waals surface area contributed by atoms with Gasteiger partial charge >= 0.3 is 11.9 Å². The summed E-state index contributed by atoms with van der Waals surface area (Å²) in [4.78, 5) is 22.7. The fraction of sp³-hybridized carbons (Fsp3) is 0.882. The van der Waals surface area contributed by atoms with E-state index in [4.69, 9.17) is 9.84 Å². The summed E-state index contributed by atoms with van der Waals surface area (Å²) in [7, 11) is 0. The topological polar surface area (TPSA) is 63.6 Å². The van der Waals surface area contributed by atoms with Crippen LogP contribution in [0, 0.1) is 22.7 Å². The van der Waals surface area contributed by atoms with Crippen LogP contribution in [0.2, 0.25) is 0 Å². The third-order valence-electron chi connectivity index (χ3n) is 6.40. The molecule has 4 atom stereocenters. The molecule has 4 unspecified atom stereocenters. The number of carbonyl (C=O) groups is 2. The maximum Gasteiger partial charge on any atom is 0.308 e. The van der Waals surface area contributed by atoms with Gasteiger partial charge in [0.05, 0.1) is 5.92 Å². The fourth-order valence-electron chi connectivity index (χ4n) is 4.24. The van der Waals surface area contributed by atoms with Gasteiger partial charge in [-0.1, -0.05) is 27.7 Å². The Morgan fingerprint density at radius 2 is 2.00 bits per heavy atom. The van der Waals surface area contributed by atoms with Crippen molar-refractivity contribution in [3.05, 3.63) is 0 Å². The normalized spacial score (nSPS) is 34.7. The SMILES string of the molecule is CC(CCCC(=O)O)C(=O)OC1CC2CCC1(C)C2(C)C. The Morgan fingerprint density at radius 3 is 2.48 bits per heavy atom. The van der Waals surface area contributed by atoms with Gasteiger partial charge in [-0.05, 0) is 43.4 Å². The molecule has 1 N–H and O–H groups in total. The van der Waals surface area contributed by atoms with Crippen LogP contribution in [-0.4, -0.2) is 23.1 Å². The zero-order chi connectivity index (χ0) is 15.8. The van der Waals surface area contributed by atoms with E-state index in [2.05, 4.69) is 20.8 Å². The number of hydrogen-bond donors (Lipinski definition) is 1. The molecule has 0 spiro atoms. The molecule has 0 heterocycles. The number of rotatable bonds is 6.